The Kier molecular flexibility index (Phi) is 8.87. The number of carbonyl (C=O) groups excluding carboxylic acids is 1. The summed E-state index contributed by atoms with van der Waals surface area (Å²) in [4.78, 5) is 20.7. The molecule has 1 heterocycles. The van der Waals surface area contributed by atoms with E-state index in [1.165, 1.54) is 31.4 Å². The van der Waals surface area contributed by atoms with E-state index >= 15 is 0 Å². The molecule has 0 atom stereocenters. The van der Waals surface area contributed by atoms with Gasteiger partial charge in [0.05, 0.1) is 0 Å². The standard InChI is InChI=1S/C20H32FN5O/c1-2-3-4-5-11-23-20(22)24-12-10-19(27)26-15-13-25(14-16-26)18-8-6-17(21)7-9-18/h6-9H,2-5,10-16H2,1H3,(H3,22,23,24). The molecule has 0 saturated carbocycles. The second-order valence-electron chi connectivity index (χ2n) is 6.85. The van der Waals surface area contributed by atoms with Crippen LogP contribution < -0.4 is 16.0 Å². The lowest BCUT2D eigenvalue weighted by molar-refractivity contribution is -0.131. The molecule has 0 aliphatic carbocycles. The van der Waals surface area contributed by atoms with Crippen LogP contribution in [0.15, 0.2) is 29.3 Å². The number of aliphatic imine (C=N–C) groups is 1. The van der Waals surface area contributed by atoms with E-state index in [9.17, 15) is 9.18 Å². The topological polar surface area (TPSA) is 74.0 Å². The molecule has 27 heavy (non-hydrogen) atoms. The van der Waals surface area contributed by atoms with Crippen LogP contribution in [0.3, 0.4) is 0 Å². The number of rotatable bonds is 9. The van der Waals surface area contributed by atoms with E-state index in [2.05, 4.69) is 22.1 Å². The molecule has 1 amide bonds. The van der Waals surface area contributed by atoms with E-state index in [0.717, 1.165) is 31.7 Å². The highest BCUT2D eigenvalue weighted by Gasteiger charge is 2.20. The molecule has 1 aliphatic rings. The van der Waals surface area contributed by atoms with Crippen LogP contribution in [0.25, 0.3) is 0 Å². The fraction of sp³-hybridized carbons (Fsp3) is 0.600. The maximum Gasteiger partial charge on any atom is 0.224 e. The van der Waals surface area contributed by atoms with E-state index in [0.29, 0.717) is 32.0 Å². The summed E-state index contributed by atoms with van der Waals surface area (Å²) in [5, 5.41) is 3.02. The van der Waals surface area contributed by atoms with Gasteiger partial charge in [-0.2, -0.15) is 0 Å². The largest absolute Gasteiger partial charge is 0.370 e. The Balaban J connectivity index is 1.63. The zero-order valence-electron chi connectivity index (χ0n) is 16.3. The number of guanidine groups is 1. The molecule has 0 aromatic heterocycles. The molecule has 0 radical (unpaired) electrons. The van der Waals surface area contributed by atoms with E-state index in [4.69, 9.17) is 5.73 Å². The minimum atomic E-state index is -0.233. The first-order chi connectivity index (χ1) is 13.1. The maximum absolute atomic E-state index is 13.0. The highest BCUT2D eigenvalue weighted by molar-refractivity contribution is 5.80. The molecule has 1 aromatic rings. The Morgan fingerprint density at radius 3 is 2.52 bits per heavy atom. The molecule has 150 valence electrons. The monoisotopic (exact) mass is 377 g/mol. The number of nitrogens with two attached hydrogens (primary N) is 1. The van der Waals surface area contributed by atoms with Crippen LogP contribution in [0.5, 0.6) is 0 Å². The van der Waals surface area contributed by atoms with Crippen LogP contribution in [0, 0.1) is 5.82 Å². The number of anilines is 1. The van der Waals surface area contributed by atoms with Crippen molar-refractivity contribution in [2.24, 2.45) is 10.7 Å². The van der Waals surface area contributed by atoms with E-state index in [-0.39, 0.29) is 11.7 Å². The van der Waals surface area contributed by atoms with Crippen LogP contribution in [0.2, 0.25) is 0 Å². The van der Waals surface area contributed by atoms with Crippen molar-refractivity contribution in [3.8, 4) is 0 Å². The summed E-state index contributed by atoms with van der Waals surface area (Å²) in [6, 6.07) is 6.49. The number of benzene rings is 1. The molecular formula is C20H32FN5O. The van der Waals surface area contributed by atoms with Crippen LogP contribution in [-0.2, 0) is 4.79 Å². The molecule has 1 aromatic carbocycles. The smallest absolute Gasteiger partial charge is 0.224 e. The molecule has 2 rings (SSSR count). The third-order valence-corrected chi connectivity index (χ3v) is 4.76. The lowest BCUT2D eigenvalue weighted by atomic mass is 10.2. The normalized spacial score (nSPS) is 15.1. The minimum Gasteiger partial charge on any atom is -0.370 e. The number of piperazine rings is 1. The highest BCUT2D eigenvalue weighted by Crippen LogP contribution is 2.17. The van der Waals surface area contributed by atoms with Crippen molar-refractivity contribution >= 4 is 17.6 Å². The van der Waals surface area contributed by atoms with Gasteiger partial charge in [-0.3, -0.25) is 9.79 Å². The first-order valence-corrected chi connectivity index (χ1v) is 9.92. The Morgan fingerprint density at radius 1 is 1.15 bits per heavy atom. The van der Waals surface area contributed by atoms with Gasteiger partial charge in [0.15, 0.2) is 5.96 Å². The van der Waals surface area contributed by atoms with Gasteiger partial charge in [0.2, 0.25) is 5.91 Å². The third kappa shape index (κ3) is 7.45. The Labute approximate surface area is 161 Å². The average molecular weight is 378 g/mol. The van der Waals surface area contributed by atoms with E-state index in [1.807, 2.05) is 4.90 Å². The lowest BCUT2D eigenvalue weighted by Crippen LogP contribution is -2.49. The number of hydrogen-bond donors (Lipinski definition) is 2. The summed E-state index contributed by atoms with van der Waals surface area (Å²) in [5.41, 5.74) is 6.82. The van der Waals surface area contributed by atoms with Crippen molar-refractivity contribution in [2.75, 3.05) is 44.2 Å². The van der Waals surface area contributed by atoms with Crippen LogP contribution >= 0.6 is 0 Å². The number of nitrogens with one attached hydrogen (secondary N) is 1. The van der Waals surface area contributed by atoms with Gasteiger partial charge in [0, 0.05) is 51.4 Å². The summed E-state index contributed by atoms with van der Waals surface area (Å²) in [7, 11) is 0. The third-order valence-electron chi connectivity index (χ3n) is 4.76. The van der Waals surface area contributed by atoms with Crippen LogP contribution in [-0.4, -0.2) is 56.0 Å². The first-order valence-electron chi connectivity index (χ1n) is 9.92. The van der Waals surface area contributed by atoms with E-state index < -0.39 is 0 Å². The predicted octanol–water partition coefficient (Wildman–Crippen LogP) is 2.35. The summed E-state index contributed by atoms with van der Waals surface area (Å²) in [6.45, 7) is 6.28. The number of unbranched alkanes of at least 4 members (excludes halogenated alkanes) is 3. The van der Waals surface area contributed by atoms with Gasteiger partial charge in [-0.15, -0.1) is 0 Å². The maximum atomic E-state index is 13.0. The zero-order chi connectivity index (χ0) is 19.5. The molecule has 0 bridgehead atoms. The second kappa shape index (κ2) is 11.4. The van der Waals surface area contributed by atoms with Crippen molar-refractivity contribution in [3.63, 3.8) is 0 Å². The summed E-state index contributed by atoms with van der Waals surface area (Å²) in [5.74, 6) is 0.307. The fourth-order valence-corrected chi connectivity index (χ4v) is 3.12. The highest BCUT2D eigenvalue weighted by atomic mass is 19.1. The Morgan fingerprint density at radius 2 is 1.85 bits per heavy atom. The number of halogens is 1. The lowest BCUT2D eigenvalue weighted by Gasteiger charge is -2.36. The molecule has 7 heteroatoms. The number of carbonyl (C=O) groups is 1. The molecule has 1 saturated heterocycles. The van der Waals surface area contributed by atoms with Crippen molar-refractivity contribution in [1.82, 2.24) is 10.2 Å². The van der Waals surface area contributed by atoms with Gasteiger partial charge in [0.25, 0.3) is 0 Å². The fourth-order valence-electron chi connectivity index (χ4n) is 3.12. The van der Waals surface area contributed by atoms with Gasteiger partial charge in [0.1, 0.15) is 5.82 Å². The molecule has 0 unspecified atom stereocenters. The average Bonchev–Trinajstić information content (AvgIpc) is 2.68. The summed E-state index contributed by atoms with van der Waals surface area (Å²) < 4.78 is 13.0. The van der Waals surface area contributed by atoms with Gasteiger partial charge in [-0.05, 0) is 30.7 Å². The Hall–Kier alpha value is -2.31. The Bertz CT molecular complexity index is 597. The van der Waals surface area contributed by atoms with Gasteiger partial charge >= 0.3 is 0 Å². The van der Waals surface area contributed by atoms with Crippen molar-refractivity contribution in [1.29, 1.82) is 0 Å². The number of amides is 1. The van der Waals surface area contributed by atoms with Crippen LogP contribution in [0.4, 0.5) is 10.1 Å². The molecule has 3 N–H and O–H groups in total. The molecule has 1 fully saturated rings. The van der Waals surface area contributed by atoms with Gasteiger partial charge < -0.3 is 20.9 Å². The summed E-state index contributed by atoms with van der Waals surface area (Å²) >= 11 is 0. The van der Waals surface area contributed by atoms with Crippen LogP contribution in [0.1, 0.15) is 39.0 Å². The SMILES string of the molecule is CCCCCCN=C(N)NCCC(=O)N1CCN(c2ccc(F)cc2)CC1. The van der Waals surface area contributed by atoms with Gasteiger partial charge in [-0.25, -0.2) is 4.39 Å². The quantitative estimate of drug-likeness (QED) is 0.394. The molecular weight excluding hydrogens is 345 g/mol. The molecule has 6 nitrogen and oxygen atoms in total. The van der Waals surface area contributed by atoms with Gasteiger partial charge in [-0.1, -0.05) is 26.2 Å². The van der Waals surface area contributed by atoms with Crippen molar-refractivity contribution < 1.29 is 9.18 Å². The van der Waals surface area contributed by atoms with E-state index in [1.54, 1.807) is 12.1 Å². The first kappa shape index (κ1) is 21.0. The number of nitrogens with zero attached hydrogens (tertiary/aromatic N) is 3. The van der Waals surface area contributed by atoms with Crippen molar-refractivity contribution in [2.45, 2.75) is 39.0 Å². The predicted molar refractivity (Wildman–Crippen MR) is 108 cm³/mol. The molecule has 0 spiro atoms. The minimum absolute atomic E-state index is 0.122. The zero-order valence-corrected chi connectivity index (χ0v) is 16.3. The number of hydrogen-bond acceptors (Lipinski definition) is 3. The molecule has 1 aliphatic heterocycles. The second-order valence-corrected chi connectivity index (χ2v) is 6.85. The summed E-state index contributed by atoms with van der Waals surface area (Å²) in [6.07, 6.45) is 5.06. The van der Waals surface area contributed by atoms with Crippen molar-refractivity contribution in [3.05, 3.63) is 30.1 Å².